The van der Waals surface area contributed by atoms with Crippen LogP contribution in [-0.2, 0) is 0 Å². The van der Waals surface area contributed by atoms with Gasteiger partial charge in [-0.05, 0) is 46.6 Å². The number of aryl methyl sites for hydroxylation is 1. The second-order valence-electron chi connectivity index (χ2n) is 4.35. The third-order valence-corrected chi connectivity index (χ3v) is 3.55. The van der Waals surface area contributed by atoms with Crippen molar-refractivity contribution in [2.24, 2.45) is 0 Å². The molecule has 0 fully saturated rings. The predicted octanol–water partition coefficient (Wildman–Crippen LogP) is 3.57. The number of benzene rings is 2. The van der Waals surface area contributed by atoms with Gasteiger partial charge in [-0.15, -0.1) is 0 Å². The van der Waals surface area contributed by atoms with Gasteiger partial charge in [0.05, 0.1) is 12.1 Å². The van der Waals surface area contributed by atoms with Gasteiger partial charge >= 0.3 is 0 Å². The van der Waals surface area contributed by atoms with Crippen LogP contribution in [0.2, 0.25) is 0 Å². The van der Waals surface area contributed by atoms with Crippen LogP contribution in [0.3, 0.4) is 0 Å². The summed E-state index contributed by atoms with van der Waals surface area (Å²) < 4.78 is 6.42. The molecule has 0 saturated carbocycles. The molecule has 0 aliphatic carbocycles. The summed E-state index contributed by atoms with van der Waals surface area (Å²) in [5, 5.41) is 2.84. The second kappa shape index (κ2) is 7.10. The van der Waals surface area contributed by atoms with E-state index in [1.165, 1.54) is 0 Å². The van der Waals surface area contributed by atoms with Gasteiger partial charge in [-0.2, -0.15) is 0 Å². The normalized spacial score (nSPS) is 10.1. The highest BCUT2D eigenvalue weighted by molar-refractivity contribution is 9.10. The fourth-order valence-corrected chi connectivity index (χ4v) is 2.25. The molecular formula is C16H16BrNO2. The second-order valence-corrected chi connectivity index (χ2v) is 5.20. The van der Waals surface area contributed by atoms with Crippen LogP contribution in [0.1, 0.15) is 15.9 Å². The summed E-state index contributed by atoms with van der Waals surface area (Å²) in [6.07, 6.45) is 0. The van der Waals surface area contributed by atoms with E-state index in [0.717, 1.165) is 15.8 Å². The minimum atomic E-state index is -0.106. The fraction of sp³-hybridized carbons (Fsp3) is 0.188. The van der Waals surface area contributed by atoms with Crippen molar-refractivity contribution in [1.29, 1.82) is 0 Å². The molecule has 2 rings (SSSR count). The average Bonchev–Trinajstić information content (AvgIpc) is 2.45. The van der Waals surface area contributed by atoms with Crippen LogP contribution in [-0.4, -0.2) is 19.1 Å². The van der Waals surface area contributed by atoms with Gasteiger partial charge in [0.2, 0.25) is 0 Å². The quantitative estimate of drug-likeness (QED) is 0.849. The summed E-state index contributed by atoms with van der Waals surface area (Å²) in [5.74, 6) is 0.744. The number of hydrogen-bond donors (Lipinski definition) is 1. The standard InChI is InChI=1S/C16H16BrNO2/c1-12-6-2-5-9-15(12)20-11-10-18-16(19)13-7-3-4-8-14(13)17/h2-9H,10-11H2,1H3,(H,18,19). The van der Waals surface area contributed by atoms with Crippen LogP contribution < -0.4 is 10.1 Å². The number of carbonyl (C=O) groups excluding carboxylic acids is 1. The van der Waals surface area contributed by atoms with E-state index >= 15 is 0 Å². The molecule has 1 amide bonds. The number of para-hydroxylation sites is 1. The van der Waals surface area contributed by atoms with Gasteiger partial charge in [0.25, 0.3) is 5.91 Å². The molecule has 0 heterocycles. The summed E-state index contributed by atoms with van der Waals surface area (Å²) in [4.78, 5) is 11.9. The minimum Gasteiger partial charge on any atom is -0.491 e. The highest BCUT2D eigenvalue weighted by Gasteiger charge is 2.08. The van der Waals surface area contributed by atoms with Crippen LogP contribution in [0.15, 0.2) is 53.0 Å². The van der Waals surface area contributed by atoms with Crippen LogP contribution in [0.25, 0.3) is 0 Å². The summed E-state index contributed by atoms with van der Waals surface area (Å²) in [7, 11) is 0. The van der Waals surface area contributed by atoms with E-state index in [4.69, 9.17) is 4.74 Å². The molecule has 0 spiro atoms. The lowest BCUT2D eigenvalue weighted by atomic mass is 10.2. The highest BCUT2D eigenvalue weighted by Crippen LogP contribution is 2.16. The van der Waals surface area contributed by atoms with Crippen molar-refractivity contribution in [2.75, 3.05) is 13.2 Å². The Labute approximate surface area is 127 Å². The number of rotatable bonds is 5. The van der Waals surface area contributed by atoms with E-state index in [0.29, 0.717) is 18.7 Å². The lowest BCUT2D eigenvalue weighted by Crippen LogP contribution is -2.28. The van der Waals surface area contributed by atoms with Crippen molar-refractivity contribution in [2.45, 2.75) is 6.92 Å². The summed E-state index contributed by atoms with van der Waals surface area (Å²) >= 11 is 3.36. The number of amides is 1. The molecule has 20 heavy (non-hydrogen) atoms. The van der Waals surface area contributed by atoms with Crippen LogP contribution >= 0.6 is 15.9 Å². The largest absolute Gasteiger partial charge is 0.491 e. The SMILES string of the molecule is Cc1ccccc1OCCNC(=O)c1ccccc1Br. The molecule has 2 aromatic rings. The van der Waals surface area contributed by atoms with Gasteiger partial charge in [0.15, 0.2) is 0 Å². The van der Waals surface area contributed by atoms with Crippen LogP contribution in [0, 0.1) is 6.92 Å². The Kier molecular flexibility index (Phi) is 5.18. The molecule has 1 N–H and O–H groups in total. The Morgan fingerprint density at radius 2 is 1.85 bits per heavy atom. The molecule has 0 atom stereocenters. The molecule has 2 aromatic carbocycles. The van der Waals surface area contributed by atoms with Crippen molar-refractivity contribution < 1.29 is 9.53 Å². The zero-order valence-electron chi connectivity index (χ0n) is 11.2. The van der Waals surface area contributed by atoms with Gasteiger partial charge in [0.1, 0.15) is 12.4 Å². The Hall–Kier alpha value is -1.81. The van der Waals surface area contributed by atoms with E-state index in [2.05, 4.69) is 21.2 Å². The monoisotopic (exact) mass is 333 g/mol. The lowest BCUT2D eigenvalue weighted by Gasteiger charge is -2.10. The van der Waals surface area contributed by atoms with E-state index in [1.54, 1.807) is 6.07 Å². The first-order valence-electron chi connectivity index (χ1n) is 6.39. The number of carbonyl (C=O) groups is 1. The Morgan fingerprint density at radius 1 is 1.15 bits per heavy atom. The molecule has 0 unspecified atom stereocenters. The van der Waals surface area contributed by atoms with Crippen molar-refractivity contribution >= 4 is 21.8 Å². The lowest BCUT2D eigenvalue weighted by molar-refractivity contribution is 0.0946. The van der Waals surface area contributed by atoms with Crippen molar-refractivity contribution in [3.63, 3.8) is 0 Å². The number of ether oxygens (including phenoxy) is 1. The van der Waals surface area contributed by atoms with Gasteiger partial charge < -0.3 is 10.1 Å². The smallest absolute Gasteiger partial charge is 0.252 e. The van der Waals surface area contributed by atoms with E-state index in [1.807, 2.05) is 49.4 Å². The van der Waals surface area contributed by atoms with Crippen molar-refractivity contribution in [3.05, 3.63) is 64.1 Å². The maximum Gasteiger partial charge on any atom is 0.252 e. The maximum atomic E-state index is 11.9. The molecule has 0 aliphatic heterocycles. The number of halogens is 1. The Balaban J connectivity index is 1.81. The van der Waals surface area contributed by atoms with Crippen LogP contribution in [0.4, 0.5) is 0 Å². The van der Waals surface area contributed by atoms with Gasteiger partial charge in [-0.25, -0.2) is 0 Å². The molecular weight excluding hydrogens is 318 g/mol. The zero-order valence-corrected chi connectivity index (χ0v) is 12.8. The van der Waals surface area contributed by atoms with Crippen molar-refractivity contribution in [3.8, 4) is 5.75 Å². The summed E-state index contributed by atoms with van der Waals surface area (Å²) in [6, 6.07) is 15.2. The molecule has 0 saturated heterocycles. The Bertz CT molecular complexity index is 599. The summed E-state index contributed by atoms with van der Waals surface area (Å²) in [6.45, 7) is 2.91. The fourth-order valence-electron chi connectivity index (χ4n) is 1.78. The van der Waals surface area contributed by atoms with E-state index in [9.17, 15) is 4.79 Å². The van der Waals surface area contributed by atoms with Crippen molar-refractivity contribution in [1.82, 2.24) is 5.32 Å². The molecule has 3 nitrogen and oxygen atoms in total. The van der Waals surface area contributed by atoms with Gasteiger partial charge in [0, 0.05) is 4.47 Å². The molecule has 0 bridgehead atoms. The van der Waals surface area contributed by atoms with Crippen LogP contribution in [0.5, 0.6) is 5.75 Å². The Morgan fingerprint density at radius 3 is 2.60 bits per heavy atom. The highest BCUT2D eigenvalue weighted by atomic mass is 79.9. The topological polar surface area (TPSA) is 38.3 Å². The third kappa shape index (κ3) is 3.84. The third-order valence-electron chi connectivity index (χ3n) is 2.86. The van der Waals surface area contributed by atoms with E-state index in [-0.39, 0.29) is 5.91 Å². The number of nitrogens with one attached hydrogen (secondary N) is 1. The molecule has 4 heteroatoms. The predicted molar refractivity (Wildman–Crippen MR) is 83.1 cm³/mol. The maximum absolute atomic E-state index is 11.9. The molecule has 0 radical (unpaired) electrons. The average molecular weight is 334 g/mol. The first-order valence-corrected chi connectivity index (χ1v) is 7.19. The number of hydrogen-bond acceptors (Lipinski definition) is 2. The molecule has 0 aliphatic rings. The van der Waals surface area contributed by atoms with Gasteiger partial charge in [-0.1, -0.05) is 30.3 Å². The molecule has 0 aromatic heterocycles. The minimum absolute atomic E-state index is 0.106. The van der Waals surface area contributed by atoms with Gasteiger partial charge in [-0.3, -0.25) is 4.79 Å². The zero-order chi connectivity index (χ0) is 14.4. The summed E-state index contributed by atoms with van der Waals surface area (Å²) in [5.41, 5.74) is 1.72. The first kappa shape index (κ1) is 14.6. The molecule has 104 valence electrons. The van der Waals surface area contributed by atoms with E-state index < -0.39 is 0 Å². The first-order chi connectivity index (χ1) is 9.68.